The van der Waals surface area contributed by atoms with Crippen molar-refractivity contribution in [3.8, 4) is 0 Å². The van der Waals surface area contributed by atoms with Gasteiger partial charge in [-0.05, 0) is 18.8 Å². The van der Waals surface area contributed by atoms with Crippen molar-refractivity contribution in [1.29, 1.82) is 0 Å². The molecule has 0 N–H and O–H groups in total. The van der Waals surface area contributed by atoms with Gasteiger partial charge in [-0.3, -0.25) is 4.79 Å². The maximum atomic E-state index is 10.2. The fourth-order valence-electron chi connectivity index (χ4n) is 0.768. The molecule has 1 rings (SSSR count). The van der Waals surface area contributed by atoms with Gasteiger partial charge < -0.3 is 4.74 Å². The Bertz CT molecular complexity index is 105. The summed E-state index contributed by atoms with van der Waals surface area (Å²) in [5, 5.41) is 0. The first kappa shape index (κ1) is 6.59. The van der Waals surface area contributed by atoms with E-state index in [1.54, 1.807) is 6.61 Å². The minimum Gasteiger partial charge on any atom is -0.458 e. The monoisotopic (exact) mass is 127 g/mol. The van der Waals surface area contributed by atoms with E-state index < -0.39 is 0 Å². The van der Waals surface area contributed by atoms with Crippen molar-refractivity contribution in [2.75, 3.05) is 0 Å². The van der Waals surface area contributed by atoms with Crippen molar-refractivity contribution in [3.63, 3.8) is 0 Å². The van der Waals surface area contributed by atoms with Crippen LogP contribution in [-0.2, 0) is 9.53 Å². The summed E-state index contributed by atoms with van der Waals surface area (Å²) in [6.45, 7) is 3.08. The van der Waals surface area contributed by atoms with Crippen LogP contribution in [0.3, 0.4) is 0 Å². The molecule has 0 spiro atoms. The second-order valence-electron chi connectivity index (χ2n) is 2.44. The van der Waals surface area contributed by atoms with E-state index in [1.807, 2.05) is 0 Å². The van der Waals surface area contributed by atoms with Gasteiger partial charge in [0.05, 0.1) is 0 Å². The van der Waals surface area contributed by atoms with E-state index in [0.29, 0.717) is 5.92 Å². The topological polar surface area (TPSA) is 26.3 Å². The highest BCUT2D eigenvalue weighted by Crippen LogP contribution is 2.28. The molecular weight excluding hydrogens is 116 g/mol. The summed E-state index contributed by atoms with van der Waals surface area (Å²) in [6, 6.07) is 0. The SMILES string of the molecule is CC(=O)O[CH]C1CCC1. The number of hydrogen-bond donors (Lipinski definition) is 0. The Balaban J connectivity index is 1.97. The first-order chi connectivity index (χ1) is 4.29. The van der Waals surface area contributed by atoms with Crippen LogP contribution in [0.1, 0.15) is 26.2 Å². The van der Waals surface area contributed by atoms with Gasteiger partial charge >= 0.3 is 5.97 Å². The number of carbonyl (C=O) groups excluding carboxylic acids is 1. The third-order valence-electron chi connectivity index (χ3n) is 1.58. The van der Waals surface area contributed by atoms with Gasteiger partial charge in [-0.2, -0.15) is 0 Å². The van der Waals surface area contributed by atoms with Crippen molar-refractivity contribution < 1.29 is 9.53 Å². The van der Waals surface area contributed by atoms with E-state index in [-0.39, 0.29) is 5.97 Å². The molecule has 0 aromatic carbocycles. The van der Waals surface area contributed by atoms with Crippen molar-refractivity contribution >= 4 is 5.97 Å². The molecule has 0 aliphatic heterocycles. The van der Waals surface area contributed by atoms with E-state index in [1.165, 1.54) is 26.2 Å². The second-order valence-corrected chi connectivity index (χ2v) is 2.44. The van der Waals surface area contributed by atoms with Gasteiger partial charge in [0.25, 0.3) is 0 Å². The molecule has 1 fully saturated rings. The fourth-order valence-corrected chi connectivity index (χ4v) is 0.768. The first-order valence-electron chi connectivity index (χ1n) is 3.29. The summed E-state index contributed by atoms with van der Waals surface area (Å²) in [5.41, 5.74) is 0. The third kappa shape index (κ3) is 2.04. The molecule has 1 saturated carbocycles. The number of ether oxygens (including phenoxy) is 1. The van der Waals surface area contributed by atoms with Gasteiger partial charge in [0.2, 0.25) is 0 Å². The zero-order chi connectivity index (χ0) is 6.69. The highest BCUT2D eigenvalue weighted by Gasteiger charge is 2.18. The molecule has 51 valence electrons. The summed E-state index contributed by atoms with van der Waals surface area (Å²) < 4.78 is 4.68. The molecule has 9 heavy (non-hydrogen) atoms. The van der Waals surface area contributed by atoms with E-state index in [4.69, 9.17) is 0 Å². The molecule has 0 unspecified atom stereocenters. The fraction of sp³-hybridized carbons (Fsp3) is 0.714. The van der Waals surface area contributed by atoms with Crippen LogP contribution in [0.2, 0.25) is 0 Å². The molecule has 0 aromatic rings. The van der Waals surface area contributed by atoms with Gasteiger partial charge in [-0.25, -0.2) is 0 Å². The molecule has 1 aliphatic rings. The number of carbonyl (C=O) groups is 1. The van der Waals surface area contributed by atoms with Crippen molar-refractivity contribution in [2.24, 2.45) is 5.92 Å². The van der Waals surface area contributed by atoms with Gasteiger partial charge in [0.1, 0.15) is 6.61 Å². The van der Waals surface area contributed by atoms with E-state index >= 15 is 0 Å². The second kappa shape index (κ2) is 2.85. The number of hydrogen-bond acceptors (Lipinski definition) is 2. The molecule has 2 heteroatoms. The molecule has 0 bridgehead atoms. The Morgan fingerprint density at radius 2 is 2.33 bits per heavy atom. The van der Waals surface area contributed by atoms with Gasteiger partial charge in [0.15, 0.2) is 0 Å². The smallest absolute Gasteiger partial charge is 0.303 e. The van der Waals surface area contributed by atoms with Crippen LogP contribution in [0, 0.1) is 12.5 Å². The Kier molecular flexibility index (Phi) is 2.09. The largest absolute Gasteiger partial charge is 0.458 e. The van der Waals surface area contributed by atoms with Crippen LogP contribution in [0.4, 0.5) is 0 Å². The van der Waals surface area contributed by atoms with E-state index in [2.05, 4.69) is 4.74 Å². The maximum absolute atomic E-state index is 10.2. The van der Waals surface area contributed by atoms with Crippen LogP contribution in [0.5, 0.6) is 0 Å². The van der Waals surface area contributed by atoms with E-state index in [9.17, 15) is 4.79 Å². The standard InChI is InChI=1S/C7H11O2/c1-6(8)9-5-7-3-2-4-7/h5,7H,2-4H2,1H3. The number of esters is 1. The molecule has 0 aromatic heterocycles. The van der Waals surface area contributed by atoms with Crippen molar-refractivity contribution in [3.05, 3.63) is 6.61 Å². The lowest BCUT2D eigenvalue weighted by molar-refractivity contribution is -0.138. The van der Waals surface area contributed by atoms with Crippen LogP contribution in [0.25, 0.3) is 0 Å². The average molecular weight is 127 g/mol. The lowest BCUT2D eigenvalue weighted by Crippen LogP contribution is -2.14. The summed E-state index contributed by atoms with van der Waals surface area (Å²) in [6.07, 6.45) is 3.66. The normalized spacial score (nSPS) is 18.8. The Labute approximate surface area is 55.2 Å². The average Bonchev–Trinajstić information content (AvgIpc) is 1.60. The van der Waals surface area contributed by atoms with Crippen LogP contribution in [-0.4, -0.2) is 5.97 Å². The lowest BCUT2D eigenvalue weighted by atomic mass is 9.86. The molecule has 0 saturated heterocycles. The first-order valence-corrected chi connectivity index (χ1v) is 3.29. The minimum atomic E-state index is -0.207. The van der Waals surface area contributed by atoms with Crippen molar-refractivity contribution in [1.82, 2.24) is 0 Å². The van der Waals surface area contributed by atoms with Gasteiger partial charge in [-0.1, -0.05) is 6.42 Å². The zero-order valence-electron chi connectivity index (χ0n) is 5.59. The van der Waals surface area contributed by atoms with Gasteiger partial charge in [-0.15, -0.1) is 0 Å². The predicted molar refractivity (Wildman–Crippen MR) is 33.4 cm³/mol. The highest BCUT2D eigenvalue weighted by molar-refractivity contribution is 5.66. The molecule has 1 radical (unpaired) electrons. The Morgan fingerprint density at radius 1 is 1.67 bits per heavy atom. The lowest BCUT2D eigenvalue weighted by Gasteiger charge is -2.23. The molecule has 0 amide bonds. The van der Waals surface area contributed by atoms with Crippen LogP contribution < -0.4 is 0 Å². The predicted octanol–water partition coefficient (Wildman–Crippen LogP) is 1.51. The molecule has 0 heterocycles. The Hall–Kier alpha value is -0.530. The highest BCUT2D eigenvalue weighted by atomic mass is 16.5. The summed E-state index contributed by atoms with van der Waals surface area (Å²) in [7, 11) is 0. The summed E-state index contributed by atoms with van der Waals surface area (Å²) >= 11 is 0. The Morgan fingerprint density at radius 3 is 2.67 bits per heavy atom. The van der Waals surface area contributed by atoms with Crippen molar-refractivity contribution in [2.45, 2.75) is 26.2 Å². The molecule has 2 nitrogen and oxygen atoms in total. The number of rotatable bonds is 2. The van der Waals surface area contributed by atoms with Crippen LogP contribution in [0.15, 0.2) is 0 Å². The zero-order valence-corrected chi connectivity index (χ0v) is 5.59. The molecule has 0 atom stereocenters. The minimum absolute atomic E-state index is 0.207. The maximum Gasteiger partial charge on any atom is 0.303 e. The molecular formula is C7H11O2. The van der Waals surface area contributed by atoms with E-state index in [0.717, 1.165) is 0 Å². The summed E-state index contributed by atoms with van der Waals surface area (Å²) in [5.74, 6) is 0.343. The molecule has 1 aliphatic carbocycles. The third-order valence-corrected chi connectivity index (χ3v) is 1.58. The van der Waals surface area contributed by atoms with Crippen LogP contribution >= 0.6 is 0 Å². The van der Waals surface area contributed by atoms with Gasteiger partial charge in [0, 0.05) is 6.92 Å². The summed E-state index contributed by atoms with van der Waals surface area (Å²) in [4.78, 5) is 10.2. The quantitative estimate of drug-likeness (QED) is 0.525.